The van der Waals surface area contributed by atoms with Crippen LogP contribution >= 0.6 is 0 Å². The molecule has 3 aromatic rings. The molecule has 3 N–H and O–H groups in total. The number of hydrogen-bond acceptors (Lipinski definition) is 7. The normalized spacial score (nSPS) is 30.4. The Balaban J connectivity index is 1.39. The van der Waals surface area contributed by atoms with Crippen molar-refractivity contribution in [2.75, 3.05) is 12.4 Å². The van der Waals surface area contributed by atoms with Crippen molar-refractivity contribution in [3.05, 3.63) is 47.6 Å². The lowest BCUT2D eigenvalue weighted by molar-refractivity contribution is -0.355. The molecule has 38 heavy (non-hydrogen) atoms. The van der Waals surface area contributed by atoms with Gasteiger partial charge in [0.25, 0.3) is 0 Å². The van der Waals surface area contributed by atoms with Gasteiger partial charge in [-0.15, -0.1) is 0 Å². The largest absolute Gasteiger partial charge is 0.478 e. The molecule has 9 nitrogen and oxygen atoms in total. The second-order valence-electron chi connectivity index (χ2n) is 11.1. The third-order valence-electron chi connectivity index (χ3n) is 8.54. The van der Waals surface area contributed by atoms with Crippen molar-refractivity contribution in [1.82, 2.24) is 9.97 Å². The van der Waals surface area contributed by atoms with Crippen LogP contribution in [-0.2, 0) is 15.9 Å². The number of Topliss-reactive ketones (excluding diaryl/α,β-unsaturated/α-hetero) is 1. The van der Waals surface area contributed by atoms with Crippen LogP contribution in [0.4, 0.5) is 5.69 Å². The smallest absolute Gasteiger partial charge is 0.340 e. The molecule has 0 aliphatic carbocycles. The third-order valence-corrected chi connectivity index (χ3v) is 8.54. The Morgan fingerprint density at radius 3 is 2.68 bits per heavy atom. The van der Waals surface area contributed by atoms with Crippen LogP contribution in [0, 0.1) is 23.7 Å². The van der Waals surface area contributed by atoms with Gasteiger partial charge in [-0.25, -0.2) is 9.78 Å². The first-order chi connectivity index (χ1) is 18.1. The summed E-state index contributed by atoms with van der Waals surface area (Å²) in [6.07, 6.45) is 4.22. The number of nitrogens with zero attached hydrogens (tertiary/aromatic N) is 1. The highest BCUT2D eigenvalue weighted by atomic mass is 16.7. The number of carboxylic acid groups (broad SMARTS) is 1. The van der Waals surface area contributed by atoms with Gasteiger partial charge in [-0.3, -0.25) is 4.79 Å². The molecule has 0 unspecified atom stereocenters. The maximum atomic E-state index is 13.1. The van der Waals surface area contributed by atoms with E-state index in [0.29, 0.717) is 34.8 Å². The number of oxazole rings is 1. The number of aromatic amines is 1. The molecule has 4 heterocycles. The number of hydrogen-bond donors (Lipinski definition) is 3. The highest BCUT2D eigenvalue weighted by Crippen LogP contribution is 2.48. The molecule has 0 radical (unpaired) electrons. The van der Waals surface area contributed by atoms with Crippen LogP contribution in [0.5, 0.6) is 0 Å². The van der Waals surface area contributed by atoms with Gasteiger partial charge in [-0.2, -0.15) is 0 Å². The van der Waals surface area contributed by atoms with Crippen molar-refractivity contribution < 1.29 is 28.6 Å². The maximum absolute atomic E-state index is 13.1. The lowest BCUT2D eigenvalue weighted by Crippen LogP contribution is -2.58. The van der Waals surface area contributed by atoms with Crippen LogP contribution in [0.25, 0.3) is 11.1 Å². The monoisotopic (exact) mass is 523 g/mol. The average Bonchev–Trinajstić information content (AvgIpc) is 3.57. The topological polar surface area (TPSA) is 127 Å². The number of rotatable bonds is 7. The lowest BCUT2D eigenvalue weighted by Gasteiger charge is -2.53. The number of carboxylic acids is 1. The summed E-state index contributed by atoms with van der Waals surface area (Å²) >= 11 is 0. The highest BCUT2D eigenvalue weighted by Gasteiger charge is 2.52. The Morgan fingerprint density at radius 2 is 2.00 bits per heavy atom. The van der Waals surface area contributed by atoms with Gasteiger partial charge in [0.2, 0.25) is 0 Å². The number of H-pyrrole nitrogens is 1. The quantitative estimate of drug-likeness (QED) is 0.345. The molecule has 0 amide bonds. The molecule has 7 atom stereocenters. The zero-order chi connectivity index (χ0) is 27.2. The molecule has 2 aliphatic rings. The van der Waals surface area contributed by atoms with E-state index in [1.807, 2.05) is 13.0 Å². The van der Waals surface area contributed by atoms with E-state index in [1.165, 1.54) is 0 Å². The fraction of sp³-hybridized carbons (Fsp3) is 0.552. The second kappa shape index (κ2) is 10.2. The second-order valence-corrected chi connectivity index (χ2v) is 11.1. The number of fused-ring (bicyclic) bond motifs is 1. The molecule has 1 spiro atoms. The van der Waals surface area contributed by atoms with E-state index < -0.39 is 11.8 Å². The molecule has 1 aromatic carbocycles. The minimum atomic E-state index is -1.06. The lowest BCUT2D eigenvalue weighted by atomic mass is 9.75. The zero-order valence-electron chi connectivity index (χ0n) is 22.6. The molecule has 0 bridgehead atoms. The summed E-state index contributed by atoms with van der Waals surface area (Å²) in [5, 5.41) is 12.7. The SMILES string of the molecule is CNc1ccc2oc(C[C@@H]3O[C@@]4(CC[C@@H]3C)O[C@@H]([C@@H](C)C(=O)c3ccc[nH]3)[C@@H](C)C[C@@H]4C)nc2c1C(=O)O. The Labute approximate surface area is 222 Å². The Morgan fingerprint density at radius 1 is 1.21 bits per heavy atom. The van der Waals surface area contributed by atoms with E-state index >= 15 is 0 Å². The summed E-state index contributed by atoms with van der Waals surface area (Å²) < 4.78 is 19.6. The van der Waals surface area contributed by atoms with E-state index in [2.05, 4.69) is 36.1 Å². The average molecular weight is 524 g/mol. The van der Waals surface area contributed by atoms with Crippen molar-refractivity contribution in [2.24, 2.45) is 23.7 Å². The fourth-order valence-corrected chi connectivity index (χ4v) is 6.27. The van der Waals surface area contributed by atoms with Crippen LogP contribution in [0.15, 0.2) is 34.9 Å². The van der Waals surface area contributed by atoms with Gasteiger partial charge in [0.15, 0.2) is 23.0 Å². The summed E-state index contributed by atoms with van der Waals surface area (Å²) in [7, 11) is 1.68. The number of nitrogens with one attached hydrogen (secondary N) is 2. The summed E-state index contributed by atoms with van der Waals surface area (Å²) in [6, 6.07) is 7.05. The highest BCUT2D eigenvalue weighted by molar-refractivity contribution is 6.06. The molecule has 5 rings (SSSR count). The standard InChI is InChI=1S/C29H37N3O6/c1-15-10-11-29(17(3)13-16(2)27(38-29)18(4)26(33)20-7-6-12-31-20)37-22(15)14-23-32-25-21(36-23)9-8-19(30-5)24(25)28(34)35/h6-9,12,15-18,22,27,30-31H,10-11,13-14H2,1-5H3,(H,34,35)/t15-,16-,17-,18-,22-,27+,29-/m0/s1. The van der Waals surface area contributed by atoms with Crippen LogP contribution in [0.3, 0.4) is 0 Å². The van der Waals surface area contributed by atoms with Crippen LogP contribution < -0.4 is 5.32 Å². The summed E-state index contributed by atoms with van der Waals surface area (Å²) in [5.41, 5.74) is 1.93. The minimum Gasteiger partial charge on any atom is -0.478 e. The first kappa shape index (κ1) is 26.4. The number of aromatic carboxylic acids is 1. The van der Waals surface area contributed by atoms with Crippen molar-refractivity contribution in [2.45, 2.75) is 71.4 Å². The van der Waals surface area contributed by atoms with Gasteiger partial charge >= 0.3 is 5.97 Å². The number of ether oxygens (including phenoxy) is 2. The van der Waals surface area contributed by atoms with Gasteiger partial charge in [0, 0.05) is 31.5 Å². The van der Waals surface area contributed by atoms with Gasteiger partial charge < -0.3 is 29.3 Å². The molecule has 2 saturated heterocycles. The predicted molar refractivity (Wildman–Crippen MR) is 142 cm³/mol. The fourth-order valence-electron chi connectivity index (χ4n) is 6.27. The van der Waals surface area contributed by atoms with E-state index in [-0.39, 0.29) is 47.2 Å². The molecule has 204 valence electrons. The summed E-state index contributed by atoms with van der Waals surface area (Å²) in [5.74, 6) is -1.11. The predicted octanol–water partition coefficient (Wildman–Crippen LogP) is 5.53. The number of carbonyl (C=O) groups excluding carboxylic acids is 1. The first-order valence-electron chi connectivity index (χ1n) is 13.5. The van der Waals surface area contributed by atoms with Gasteiger partial charge in [-0.1, -0.05) is 27.7 Å². The zero-order valence-corrected chi connectivity index (χ0v) is 22.6. The van der Waals surface area contributed by atoms with Gasteiger partial charge in [0.1, 0.15) is 11.1 Å². The molecule has 2 fully saturated rings. The van der Waals surface area contributed by atoms with Crippen LogP contribution in [0.2, 0.25) is 0 Å². The molecule has 2 aliphatic heterocycles. The van der Waals surface area contributed by atoms with E-state index in [0.717, 1.165) is 19.3 Å². The summed E-state index contributed by atoms with van der Waals surface area (Å²) in [6.45, 7) is 8.39. The minimum absolute atomic E-state index is 0.0407. The van der Waals surface area contributed by atoms with Crippen LogP contribution in [0.1, 0.15) is 73.7 Å². The van der Waals surface area contributed by atoms with Crippen molar-refractivity contribution >= 4 is 28.5 Å². The van der Waals surface area contributed by atoms with Gasteiger partial charge in [-0.05, 0) is 48.9 Å². The molecule has 0 saturated carbocycles. The van der Waals surface area contributed by atoms with Crippen molar-refractivity contribution in [3.63, 3.8) is 0 Å². The van der Waals surface area contributed by atoms with Crippen LogP contribution in [-0.4, -0.2) is 51.9 Å². The number of aromatic nitrogens is 2. The maximum Gasteiger partial charge on any atom is 0.340 e. The Hall–Kier alpha value is -3.17. The Kier molecular flexibility index (Phi) is 7.09. The first-order valence-corrected chi connectivity index (χ1v) is 13.5. The number of benzene rings is 1. The third kappa shape index (κ3) is 4.62. The van der Waals surface area contributed by atoms with Crippen molar-refractivity contribution in [3.8, 4) is 0 Å². The molecular formula is C29H37N3O6. The van der Waals surface area contributed by atoms with E-state index in [9.17, 15) is 14.7 Å². The van der Waals surface area contributed by atoms with E-state index in [1.54, 1.807) is 31.4 Å². The molecule has 9 heteroatoms. The van der Waals surface area contributed by atoms with Gasteiger partial charge in [0.05, 0.1) is 30.0 Å². The number of ketones is 1. The number of carbonyl (C=O) groups is 2. The number of anilines is 1. The van der Waals surface area contributed by atoms with Crippen molar-refractivity contribution in [1.29, 1.82) is 0 Å². The Bertz CT molecular complexity index is 1320. The molecule has 2 aromatic heterocycles. The molecular weight excluding hydrogens is 486 g/mol. The summed E-state index contributed by atoms with van der Waals surface area (Å²) in [4.78, 5) is 32.7. The van der Waals surface area contributed by atoms with E-state index in [4.69, 9.17) is 13.9 Å².